The molecule has 1 saturated carbocycles. The summed E-state index contributed by atoms with van der Waals surface area (Å²) in [7, 11) is 5.25. The second-order valence-corrected chi connectivity index (χ2v) is 8.24. The number of nitrogens with zero attached hydrogens (tertiary/aromatic N) is 4. The fraction of sp³-hybridized carbons (Fsp3) is 0.800. The van der Waals surface area contributed by atoms with Crippen molar-refractivity contribution in [1.29, 1.82) is 0 Å². The van der Waals surface area contributed by atoms with Crippen molar-refractivity contribution in [2.75, 3.05) is 27.7 Å². The summed E-state index contributed by atoms with van der Waals surface area (Å²) in [4.78, 5) is 30.8. The molecule has 8 nitrogen and oxygen atoms in total. The van der Waals surface area contributed by atoms with Gasteiger partial charge in [-0.05, 0) is 19.4 Å². The molecular weight excluding hydrogens is 360 g/mol. The number of aliphatic carboxylic acids is 1. The van der Waals surface area contributed by atoms with Gasteiger partial charge < -0.3 is 14.5 Å². The molecule has 0 spiro atoms. The highest BCUT2D eigenvalue weighted by Crippen LogP contribution is 2.31. The highest BCUT2D eigenvalue weighted by atomic mass is 16.5. The average molecular weight is 395 g/mol. The van der Waals surface area contributed by atoms with E-state index in [0.717, 1.165) is 25.2 Å². The average Bonchev–Trinajstić information content (AvgIpc) is 3.09. The molecule has 0 aliphatic heterocycles. The molecule has 8 heteroatoms. The fourth-order valence-corrected chi connectivity index (χ4v) is 3.82. The maximum atomic E-state index is 11.8. The predicted molar refractivity (Wildman–Crippen MR) is 105 cm³/mol. The van der Waals surface area contributed by atoms with Crippen LogP contribution in [0.4, 0.5) is 0 Å². The number of carbonyl (C=O) groups excluding carboxylic acids is 1. The number of carbonyl (C=O) groups is 2. The number of carboxylic acid groups (broad SMARTS) is 1. The van der Waals surface area contributed by atoms with Crippen molar-refractivity contribution >= 4 is 11.9 Å². The summed E-state index contributed by atoms with van der Waals surface area (Å²) in [5, 5.41) is 13.2. The van der Waals surface area contributed by atoms with E-state index in [1.165, 1.54) is 37.0 Å². The van der Waals surface area contributed by atoms with Crippen molar-refractivity contribution in [2.24, 2.45) is 5.92 Å². The van der Waals surface area contributed by atoms with Crippen LogP contribution in [-0.4, -0.2) is 64.6 Å². The van der Waals surface area contributed by atoms with Gasteiger partial charge in [0.25, 0.3) is 0 Å². The first-order valence-electron chi connectivity index (χ1n) is 10.3. The Morgan fingerprint density at radius 2 is 1.93 bits per heavy atom. The minimum absolute atomic E-state index is 0.00124. The van der Waals surface area contributed by atoms with E-state index in [4.69, 9.17) is 4.52 Å². The molecule has 0 unspecified atom stereocenters. The number of carboxylic acids is 1. The van der Waals surface area contributed by atoms with Crippen LogP contribution in [0.5, 0.6) is 0 Å². The molecule has 2 rings (SSSR count). The maximum absolute atomic E-state index is 11.8. The van der Waals surface area contributed by atoms with Crippen LogP contribution in [0.2, 0.25) is 0 Å². The van der Waals surface area contributed by atoms with Crippen molar-refractivity contribution in [3.8, 4) is 0 Å². The molecule has 1 heterocycles. The fourth-order valence-electron chi connectivity index (χ4n) is 3.82. The van der Waals surface area contributed by atoms with Crippen LogP contribution in [0, 0.1) is 5.92 Å². The van der Waals surface area contributed by atoms with Gasteiger partial charge in [0, 0.05) is 20.0 Å². The molecule has 28 heavy (non-hydrogen) atoms. The zero-order valence-corrected chi connectivity index (χ0v) is 17.4. The zero-order chi connectivity index (χ0) is 20.5. The van der Waals surface area contributed by atoms with Crippen molar-refractivity contribution in [3.63, 3.8) is 0 Å². The van der Waals surface area contributed by atoms with Gasteiger partial charge in [-0.3, -0.25) is 14.5 Å². The Kier molecular flexibility index (Phi) is 8.89. The van der Waals surface area contributed by atoms with Crippen LogP contribution in [-0.2, 0) is 16.1 Å². The smallest absolute Gasteiger partial charge is 0.304 e. The number of likely N-dealkylation sites (N-methyl/N-ethyl adjacent to an activating group) is 2. The van der Waals surface area contributed by atoms with Crippen LogP contribution in [0.3, 0.4) is 0 Å². The third-order valence-corrected chi connectivity index (χ3v) is 5.46. The quantitative estimate of drug-likeness (QED) is 0.616. The van der Waals surface area contributed by atoms with Gasteiger partial charge in [-0.25, -0.2) is 0 Å². The number of hydrogen-bond acceptors (Lipinski definition) is 6. The number of aromatic nitrogens is 2. The normalized spacial score (nSPS) is 16.3. The predicted octanol–water partition coefficient (Wildman–Crippen LogP) is 2.90. The Balaban J connectivity index is 1.88. The lowest BCUT2D eigenvalue weighted by molar-refractivity contribution is -0.137. The molecule has 0 bridgehead atoms. The van der Waals surface area contributed by atoms with E-state index in [1.54, 1.807) is 14.1 Å². The molecule has 158 valence electrons. The summed E-state index contributed by atoms with van der Waals surface area (Å²) in [5.41, 5.74) is 0. The van der Waals surface area contributed by atoms with Crippen LogP contribution in [0.15, 0.2) is 4.52 Å². The molecule has 0 aromatic carbocycles. The van der Waals surface area contributed by atoms with E-state index in [1.807, 2.05) is 11.9 Å². The van der Waals surface area contributed by atoms with Crippen molar-refractivity contribution < 1.29 is 19.2 Å². The molecule has 1 N–H and O–H groups in total. The third-order valence-electron chi connectivity index (χ3n) is 5.46. The molecule has 1 fully saturated rings. The van der Waals surface area contributed by atoms with Crippen LogP contribution in [0.1, 0.15) is 75.4 Å². The Morgan fingerprint density at radius 1 is 1.21 bits per heavy atom. The first-order chi connectivity index (χ1) is 13.3. The first-order valence-corrected chi connectivity index (χ1v) is 10.3. The van der Waals surface area contributed by atoms with Gasteiger partial charge in [0.2, 0.25) is 11.8 Å². The SMILES string of the molecule is CN(CC(=O)N(C)C)Cc1noc([C@H](CCCC2CCCCC2)CC(=O)O)n1. The maximum Gasteiger partial charge on any atom is 0.304 e. The molecule has 0 radical (unpaired) electrons. The van der Waals surface area contributed by atoms with Crippen LogP contribution < -0.4 is 0 Å². The van der Waals surface area contributed by atoms with Gasteiger partial charge in [0.1, 0.15) is 0 Å². The molecule has 0 saturated heterocycles. The molecule has 1 amide bonds. The summed E-state index contributed by atoms with van der Waals surface area (Å²) in [5.74, 6) is 0.547. The summed E-state index contributed by atoms with van der Waals surface area (Å²) < 4.78 is 5.38. The summed E-state index contributed by atoms with van der Waals surface area (Å²) in [6.45, 7) is 0.641. The summed E-state index contributed by atoms with van der Waals surface area (Å²) >= 11 is 0. The lowest BCUT2D eigenvalue weighted by Gasteiger charge is -2.21. The summed E-state index contributed by atoms with van der Waals surface area (Å²) in [6, 6.07) is 0. The molecule has 1 aromatic heterocycles. The van der Waals surface area contributed by atoms with E-state index in [9.17, 15) is 14.7 Å². The van der Waals surface area contributed by atoms with E-state index >= 15 is 0 Å². The Labute approximate surface area is 167 Å². The Morgan fingerprint density at radius 3 is 2.57 bits per heavy atom. The van der Waals surface area contributed by atoms with Crippen LogP contribution in [0.25, 0.3) is 0 Å². The second-order valence-electron chi connectivity index (χ2n) is 8.24. The Bertz CT molecular complexity index is 625. The van der Waals surface area contributed by atoms with E-state index in [2.05, 4.69) is 10.1 Å². The van der Waals surface area contributed by atoms with Crippen molar-refractivity contribution in [1.82, 2.24) is 19.9 Å². The first kappa shape index (κ1) is 22.3. The number of hydrogen-bond donors (Lipinski definition) is 1. The highest BCUT2D eigenvalue weighted by molar-refractivity contribution is 5.77. The molecule has 1 atom stereocenters. The van der Waals surface area contributed by atoms with Gasteiger partial charge in [-0.2, -0.15) is 4.98 Å². The van der Waals surface area contributed by atoms with Crippen molar-refractivity contribution in [2.45, 2.75) is 70.3 Å². The van der Waals surface area contributed by atoms with E-state index in [-0.39, 0.29) is 24.8 Å². The highest BCUT2D eigenvalue weighted by Gasteiger charge is 2.23. The molecular formula is C20H34N4O4. The number of rotatable bonds is 11. The topological polar surface area (TPSA) is 99.8 Å². The van der Waals surface area contributed by atoms with Gasteiger partial charge in [-0.1, -0.05) is 50.1 Å². The van der Waals surface area contributed by atoms with Gasteiger partial charge >= 0.3 is 5.97 Å². The van der Waals surface area contributed by atoms with Gasteiger partial charge in [0.05, 0.1) is 19.5 Å². The van der Waals surface area contributed by atoms with Crippen molar-refractivity contribution in [3.05, 3.63) is 11.7 Å². The lowest BCUT2D eigenvalue weighted by Crippen LogP contribution is -2.34. The lowest BCUT2D eigenvalue weighted by atomic mass is 9.84. The van der Waals surface area contributed by atoms with E-state index < -0.39 is 5.97 Å². The summed E-state index contributed by atoms with van der Waals surface area (Å²) in [6.07, 6.45) is 9.46. The Hall–Kier alpha value is -1.96. The second kappa shape index (κ2) is 11.1. The van der Waals surface area contributed by atoms with Gasteiger partial charge in [0.15, 0.2) is 5.82 Å². The standard InChI is InChI=1S/C20H34N4O4/c1-23(2)18(25)14-24(3)13-17-21-20(28-22-17)16(12-19(26)27)11-7-10-15-8-5-4-6-9-15/h15-16H,4-14H2,1-3H3,(H,26,27)/t16-/m1/s1. The number of amides is 1. The zero-order valence-electron chi connectivity index (χ0n) is 17.4. The molecule has 1 aromatic rings. The molecule has 1 aliphatic rings. The molecule has 1 aliphatic carbocycles. The monoisotopic (exact) mass is 394 g/mol. The van der Waals surface area contributed by atoms with Crippen LogP contribution >= 0.6 is 0 Å². The largest absolute Gasteiger partial charge is 0.481 e. The minimum atomic E-state index is -0.851. The third kappa shape index (κ3) is 7.58. The van der Waals surface area contributed by atoms with Gasteiger partial charge in [-0.15, -0.1) is 0 Å². The van der Waals surface area contributed by atoms with E-state index in [0.29, 0.717) is 18.3 Å². The minimum Gasteiger partial charge on any atom is -0.481 e.